The summed E-state index contributed by atoms with van der Waals surface area (Å²) in [5.74, 6) is 0.877. The van der Waals surface area contributed by atoms with Gasteiger partial charge in [0.2, 0.25) is 22.8 Å². The number of rotatable bonds is 8. The molecule has 0 aliphatic carbocycles. The van der Waals surface area contributed by atoms with Gasteiger partial charge in [-0.25, -0.2) is 4.39 Å². The van der Waals surface area contributed by atoms with E-state index in [9.17, 15) is 9.18 Å². The van der Waals surface area contributed by atoms with Gasteiger partial charge in [-0.2, -0.15) is 4.98 Å². The predicted octanol–water partition coefficient (Wildman–Crippen LogP) is 4.96. The van der Waals surface area contributed by atoms with Crippen LogP contribution in [0.15, 0.2) is 44.6 Å². The lowest BCUT2D eigenvalue weighted by Crippen LogP contribution is -2.12. The number of nitrogens with one attached hydrogen (secondary N) is 1. The summed E-state index contributed by atoms with van der Waals surface area (Å²) in [5, 5.41) is 17.2. The lowest BCUT2D eigenvalue weighted by molar-refractivity contribution is -0.116. The van der Waals surface area contributed by atoms with Gasteiger partial charge in [0, 0.05) is 29.0 Å². The number of carbonyl (C=O) groups excluding carboxylic acids is 1. The fraction of sp³-hybridized carbons (Fsp3) is 0.211. The van der Waals surface area contributed by atoms with Crippen LogP contribution in [0.25, 0.3) is 11.4 Å². The van der Waals surface area contributed by atoms with Crippen LogP contribution in [0.3, 0.4) is 0 Å². The summed E-state index contributed by atoms with van der Waals surface area (Å²) in [6.45, 7) is 1.68. The fourth-order valence-corrected chi connectivity index (χ4v) is 5.00. The van der Waals surface area contributed by atoms with Crippen LogP contribution in [-0.4, -0.2) is 26.2 Å². The van der Waals surface area contributed by atoms with Crippen molar-refractivity contribution in [1.82, 2.24) is 20.3 Å². The van der Waals surface area contributed by atoms with E-state index < -0.39 is 0 Å². The van der Waals surface area contributed by atoms with Gasteiger partial charge in [-0.3, -0.25) is 4.79 Å². The molecular formula is C19H16FN5O2S3. The summed E-state index contributed by atoms with van der Waals surface area (Å²) in [6, 6.07) is 8.82. The Balaban J connectivity index is 1.27. The molecule has 4 aromatic rings. The second kappa shape index (κ2) is 9.45. The monoisotopic (exact) mass is 461 g/mol. The number of aromatic nitrogens is 4. The van der Waals surface area contributed by atoms with Crippen molar-refractivity contribution in [3.8, 4) is 11.4 Å². The number of aryl methyl sites for hydroxylation is 2. The van der Waals surface area contributed by atoms with Gasteiger partial charge >= 0.3 is 0 Å². The highest BCUT2D eigenvalue weighted by Crippen LogP contribution is 2.29. The van der Waals surface area contributed by atoms with Crippen molar-refractivity contribution in [3.05, 3.63) is 57.9 Å². The topological polar surface area (TPSA) is 93.8 Å². The molecular weight excluding hydrogens is 445 g/mol. The highest BCUT2D eigenvalue weighted by molar-refractivity contribution is 8.00. The maximum atomic E-state index is 13.7. The third-order valence-corrected chi connectivity index (χ3v) is 7.11. The molecule has 0 fully saturated rings. The van der Waals surface area contributed by atoms with E-state index in [0.717, 1.165) is 10.1 Å². The number of thiophene rings is 1. The number of benzene rings is 1. The van der Waals surface area contributed by atoms with E-state index in [2.05, 4.69) is 31.7 Å². The number of nitrogens with zero attached hydrogens (tertiary/aromatic N) is 4. The van der Waals surface area contributed by atoms with Crippen molar-refractivity contribution >= 4 is 45.5 Å². The van der Waals surface area contributed by atoms with E-state index in [0.29, 0.717) is 28.0 Å². The van der Waals surface area contributed by atoms with Crippen LogP contribution >= 0.6 is 34.4 Å². The minimum atomic E-state index is -0.330. The van der Waals surface area contributed by atoms with Gasteiger partial charge in [-0.15, -0.1) is 21.5 Å². The molecule has 3 heterocycles. The van der Waals surface area contributed by atoms with Crippen LogP contribution in [0.2, 0.25) is 0 Å². The van der Waals surface area contributed by atoms with E-state index in [4.69, 9.17) is 4.52 Å². The molecule has 154 valence electrons. The predicted molar refractivity (Wildman–Crippen MR) is 115 cm³/mol. The summed E-state index contributed by atoms with van der Waals surface area (Å²) in [4.78, 5) is 17.7. The molecule has 0 unspecified atom stereocenters. The number of thioether (sulfide) groups is 1. The Morgan fingerprint density at radius 2 is 2.20 bits per heavy atom. The molecule has 0 saturated carbocycles. The molecule has 0 bridgehead atoms. The Morgan fingerprint density at radius 3 is 3.00 bits per heavy atom. The molecule has 1 N–H and O–H groups in total. The van der Waals surface area contributed by atoms with E-state index in [1.807, 2.05) is 11.4 Å². The SMILES string of the molecule is Cc1ccc(-c2noc(CCC(=O)Nc3nnc(SCc4cccs4)s3)n2)cc1F. The fourth-order valence-electron chi connectivity index (χ4n) is 2.45. The van der Waals surface area contributed by atoms with E-state index in [-0.39, 0.29) is 24.6 Å². The second-order valence-corrected chi connectivity index (χ2v) is 9.50. The molecule has 0 aliphatic rings. The molecule has 11 heteroatoms. The maximum Gasteiger partial charge on any atom is 0.227 e. The molecule has 3 aromatic heterocycles. The lowest BCUT2D eigenvalue weighted by atomic mass is 10.1. The molecule has 0 spiro atoms. The standard InChI is InChI=1S/C19H16FN5O2S3/c1-11-4-5-12(9-14(11)20)17-22-16(27-25-17)7-6-15(26)21-18-23-24-19(30-18)29-10-13-3-2-8-28-13/h2-5,8-9H,6-7,10H2,1H3,(H,21,23,26). The Hall–Kier alpha value is -2.63. The van der Waals surface area contributed by atoms with Crippen LogP contribution in [0.5, 0.6) is 0 Å². The minimum Gasteiger partial charge on any atom is -0.339 e. The average Bonchev–Trinajstić information content (AvgIpc) is 3.49. The van der Waals surface area contributed by atoms with Gasteiger partial charge in [-0.1, -0.05) is 46.5 Å². The normalized spacial score (nSPS) is 11.0. The molecule has 0 atom stereocenters. The van der Waals surface area contributed by atoms with Gasteiger partial charge in [-0.05, 0) is 30.0 Å². The van der Waals surface area contributed by atoms with Crippen LogP contribution < -0.4 is 5.32 Å². The van der Waals surface area contributed by atoms with Crippen LogP contribution in [0, 0.1) is 12.7 Å². The van der Waals surface area contributed by atoms with Gasteiger partial charge in [0.1, 0.15) is 5.82 Å². The Morgan fingerprint density at radius 1 is 1.30 bits per heavy atom. The van der Waals surface area contributed by atoms with E-state index in [1.54, 1.807) is 42.2 Å². The Labute approximate surface area is 183 Å². The summed E-state index contributed by atoms with van der Waals surface area (Å²) < 4.78 is 19.7. The van der Waals surface area contributed by atoms with Crippen LogP contribution in [0.4, 0.5) is 9.52 Å². The number of hydrogen-bond donors (Lipinski definition) is 1. The van der Waals surface area contributed by atoms with Gasteiger partial charge < -0.3 is 9.84 Å². The first-order valence-corrected chi connectivity index (χ1v) is 11.6. The highest BCUT2D eigenvalue weighted by Gasteiger charge is 2.13. The summed E-state index contributed by atoms with van der Waals surface area (Å²) in [7, 11) is 0. The van der Waals surface area contributed by atoms with Crippen molar-refractivity contribution in [1.29, 1.82) is 0 Å². The first-order chi connectivity index (χ1) is 14.6. The number of anilines is 1. The first kappa shape index (κ1) is 20.6. The number of amides is 1. The van der Waals surface area contributed by atoms with Gasteiger partial charge in [0.15, 0.2) is 4.34 Å². The van der Waals surface area contributed by atoms with Crippen LogP contribution in [-0.2, 0) is 17.0 Å². The van der Waals surface area contributed by atoms with E-state index in [1.165, 1.54) is 22.3 Å². The molecule has 0 aliphatic heterocycles. The smallest absolute Gasteiger partial charge is 0.227 e. The number of halogens is 1. The molecule has 30 heavy (non-hydrogen) atoms. The highest BCUT2D eigenvalue weighted by atomic mass is 32.2. The average molecular weight is 462 g/mol. The quantitative estimate of drug-likeness (QED) is 0.293. The van der Waals surface area contributed by atoms with Gasteiger partial charge in [0.25, 0.3) is 0 Å². The summed E-state index contributed by atoms with van der Waals surface area (Å²) in [5.41, 5.74) is 1.07. The minimum absolute atomic E-state index is 0.154. The zero-order valence-corrected chi connectivity index (χ0v) is 18.2. The second-order valence-electron chi connectivity index (χ2n) is 6.27. The maximum absolute atomic E-state index is 13.7. The number of carbonyl (C=O) groups is 1. The van der Waals surface area contributed by atoms with E-state index >= 15 is 0 Å². The Kier molecular flexibility index (Phi) is 6.50. The first-order valence-electron chi connectivity index (χ1n) is 8.94. The Bertz CT molecular complexity index is 1140. The third-order valence-electron chi connectivity index (χ3n) is 4.03. The van der Waals surface area contributed by atoms with Crippen LogP contribution in [0.1, 0.15) is 22.8 Å². The van der Waals surface area contributed by atoms with Crippen molar-refractivity contribution in [2.75, 3.05) is 5.32 Å². The van der Waals surface area contributed by atoms with Crippen molar-refractivity contribution < 1.29 is 13.7 Å². The molecule has 0 radical (unpaired) electrons. The lowest BCUT2D eigenvalue weighted by Gasteiger charge is -1.98. The zero-order chi connectivity index (χ0) is 20.9. The third kappa shape index (κ3) is 5.29. The molecule has 0 saturated heterocycles. The number of hydrogen-bond acceptors (Lipinski definition) is 9. The largest absolute Gasteiger partial charge is 0.339 e. The molecule has 1 amide bonds. The zero-order valence-electron chi connectivity index (χ0n) is 15.8. The molecule has 1 aromatic carbocycles. The van der Waals surface area contributed by atoms with Gasteiger partial charge in [0.05, 0.1) is 0 Å². The summed E-state index contributed by atoms with van der Waals surface area (Å²) in [6.07, 6.45) is 0.424. The molecule has 4 rings (SSSR count). The van der Waals surface area contributed by atoms with Crippen molar-refractivity contribution in [3.63, 3.8) is 0 Å². The molecule has 7 nitrogen and oxygen atoms in total. The van der Waals surface area contributed by atoms with Crippen molar-refractivity contribution in [2.45, 2.75) is 29.9 Å². The van der Waals surface area contributed by atoms with Crippen molar-refractivity contribution in [2.24, 2.45) is 0 Å². The summed E-state index contributed by atoms with van der Waals surface area (Å²) >= 11 is 4.61.